The van der Waals surface area contributed by atoms with Crippen molar-refractivity contribution < 1.29 is 18.0 Å². The number of amides is 1. The van der Waals surface area contributed by atoms with Gasteiger partial charge in [-0.05, 0) is 24.2 Å². The number of H-pyrrole nitrogens is 1. The summed E-state index contributed by atoms with van der Waals surface area (Å²) in [6.45, 7) is 2.24. The van der Waals surface area contributed by atoms with E-state index in [0.29, 0.717) is 22.6 Å². The monoisotopic (exact) mass is 486 g/mol. The number of para-hydroxylation sites is 1. The number of hydrogen-bond donors (Lipinski definition) is 2. The van der Waals surface area contributed by atoms with Gasteiger partial charge in [0.1, 0.15) is 10.7 Å². The molecular weight excluding hydrogens is 465 g/mol. The molecule has 4 rings (SSSR count). The zero-order valence-corrected chi connectivity index (χ0v) is 19.0. The number of nitrogens with one attached hydrogen (secondary N) is 2. The number of aromatic nitrogens is 2. The molecule has 0 unspecified atom stereocenters. The Morgan fingerprint density at radius 3 is 2.53 bits per heavy atom. The number of likely N-dealkylation sites (N-methyl/N-ethyl adjacent to an activating group) is 1. The zero-order valence-electron chi connectivity index (χ0n) is 18.1. The predicted octanol–water partition coefficient (Wildman–Crippen LogP) is 5.13. The number of carbonyl (C=O) groups excluding carboxylic acids is 1. The highest BCUT2D eigenvalue weighted by molar-refractivity contribution is 7.17. The second-order valence-corrected chi connectivity index (χ2v) is 8.46. The summed E-state index contributed by atoms with van der Waals surface area (Å²) in [5.41, 5.74) is 0.237. The van der Waals surface area contributed by atoms with Gasteiger partial charge in [-0.1, -0.05) is 49.4 Å². The number of halogens is 3. The van der Waals surface area contributed by atoms with E-state index in [9.17, 15) is 22.8 Å². The van der Waals surface area contributed by atoms with Crippen LogP contribution in [-0.2, 0) is 17.5 Å². The second kappa shape index (κ2) is 9.78. The minimum Gasteiger partial charge on any atom is -0.324 e. The largest absolute Gasteiger partial charge is 0.418 e. The van der Waals surface area contributed by atoms with E-state index >= 15 is 0 Å². The van der Waals surface area contributed by atoms with E-state index in [4.69, 9.17) is 0 Å². The Labute approximate surface area is 197 Å². The summed E-state index contributed by atoms with van der Waals surface area (Å²) < 4.78 is 39.6. The fourth-order valence-corrected chi connectivity index (χ4v) is 4.59. The molecule has 6 nitrogen and oxygen atoms in total. The second-order valence-electron chi connectivity index (χ2n) is 7.60. The van der Waals surface area contributed by atoms with Gasteiger partial charge < -0.3 is 10.3 Å². The van der Waals surface area contributed by atoms with E-state index < -0.39 is 17.6 Å². The van der Waals surface area contributed by atoms with E-state index in [0.717, 1.165) is 17.2 Å². The molecule has 0 aliphatic heterocycles. The quantitative estimate of drug-likeness (QED) is 0.380. The molecule has 0 atom stereocenters. The summed E-state index contributed by atoms with van der Waals surface area (Å²) >= 11 is 1.36. The fraction of sp³-hybridized carbons (Fsp3) is 0.208. The standard InChI is InChI=1S/C24H21F3N4O2S/c1-2-31(13-20(32)28-18-11-7-6-10-17(18)24(25,26)27)12-19-29-22(33)21-16(14-34-23(21)30-19)15-8-4-3-5-9-15/h3-11,14H,2,12-13H2,1H3,(H,28,32)(H,29,30,33). The van der Waals surface area contributed by atoms with Crippen molar-refractivity contribution in [2.24, 2.45) is 0 Å². The normalized spacial score (nSPS) is 11.8. The number of hydrogen-bond acceptors (Lipinski definition) is 5. The van der Waals surface area contributed by atoms with Gasteiger partial charge >= 0.3 is 6.18 Å². The van der Waals surface area contributed by atoms with Crippen LogP contribution in [0.5, 0.6) is 0 Å². The van der Waals surface area contributed by atoms with Crippen molar-refractivity contribution in [3.8, 4) is 11.1 Å². The van der Waals surface area contributed by atoms with E-state index in [1.807, 2.05) is 42.6 Å². The Morgan fingerprint density at radius 1 is 1.12 bits per heavy atom. The molecule has 10 heteroatoms. The Morgan fingerprint density at radius 2 is 1.82 bits per heavy atom. The zero-order chi connectivity index (χ0) is 24.3. The van der Waals surface area contributed by atoms with Gasteiger partial charge in [0.25, 0.3) is 5.56 Å². The van der Waals surface area contributed by atoms with E-state index in [1.54, 1.807) is 4.90 Å². The molecule has 2 N–H and O–H groups in total. The lowest BCUT2D eigenvalue weighted by Gasteiger charge is -2.20. The first-order valence-electron chi connectivity index (χ1n) is 10.5. The molecule has 1 amide bonds. The van der Waals surface area contributed by atoms with Crippen molar-refractivity contribution in [3.05, 3.63) is 81.7 Å². The van der Waals surface area contributed by atoms with Crippen LogP contribution in [0, 0.1) is 0 Å². The lowest BCUT2D eigenvalue weighted by atomic mass is 10.1. The van der Waals surface area contributed by atoms with Gasteiger partial charge in [-0.25, -0.2) is 4.98 Å². The highest BCUT2D eigenvalue weighted by atomic mass is 32.1. The number of thiophene rings is 1. The molecule has 176 valence electrons. The highest BCUT2D eigenvalue weighted by Gasteiger charge is 2.33. The first kappa shape index (κ1) is 23.7. The van der Waals surface area contributed by atoms with Crippen LogP contribution < -0.4 is 10.9 Å². The molecule has 0 spiro atoms. The number of benzene rings is 2. The van der Waals surface area contributed by atoms with Crippen molar-refractivity contribution >= 4 is 33.1 Å². The van der Waals surface area contributed by atoms with Gasteiger partial charge in [-0.3, -0.25) is 14.5 Å². The maximum Gasteiger partial charge on any atom is 0.418 e. The Balaban J connectivity index is 1.50. The first-order chi connectivity index (χ1) is 16.3. The summed E-state index contributed by atoms with van der Waals surface area (Å²) in [5, 5.41) is 4.73. The molecule has 2 aromatic heterocycles. The predicted molar refractivity (Wildman–Crippen MR) is 127 cm³/mol. The van der Waals surface area contributed by atoms with E-state index in [2.05, 4.69) is 15.3 Å². The lowest BCUT2D eigenvalue weighted by Crippen LogP contribution is -2.34. The highest BCUT2D eigenvalue weighted by Crippen LogP contribution is 2.34. The van der Waals surface area contributed by atoms with Crippen LogP contribution >= 0.6 is 11.3 Å². The Kier molecular flexibility index (Phi) is 6.80. The topological polar surface area (TPSA) is 78.1 Å². The van der Waals surface area contributed by atoms with Gasteiger partial charge in [0, 0.05) is 10.9 Å². The van der Waals surface area contributed by atoms with Gasteiger partial charge in [0.05, 0.1) is 29.7 Å². The van der Waals surface area contributed by atoms with Crippen molar-refractivity contribution in [2.45, 2.75) is 19.6 Å². The lowest BCUT2D eigenvalue weighted by molar-refractivity contribution is -0.137. The number of rotatable bonds is 7. The smallest absolute Gasteiger partial charge is 0.324 e. The molecule has 2 heterocycles. The summed E-state index contributed by atoms with van der Waals surface area (Å²) in [4.78, 5) is 34.9. The molecule has 4 aromatic rings. The van der Waals surface area contributed by atoms with Gasteiger partial charge in [0.2, 0.25) is 5.91 Å². The number of fused-ring (bicyclic) bond motifs is 1. The van der Waals surface area contributed by atoms with E-state index in [-0.39, 0.29) is 24.3 Å². The van der Waals surface area contributed by atoms with E-state index in [1.165, 1.54) is 29.5 Å². The summed E-state index contributed by atoms with van der Waals surface area (Å²) in [5.74, 6) is -0.214. The summed E-state index contributed by atoms with van der Waals surface area (Å²) in [6, 6.07) is 14.4. The summed E-state index contributed by atoms with van der Waals surface area (Å²) in [6.07, 6.45) is -4.58. The van der Waals surface area contributed by atoms with Crippen LogP contribution in [-0.4, -0.2) is 33.9 Å². The number of carbonyl (C=O) groups is 1. The first-order valence-corrected chi connectivity index (χ1v) is 11.4. The van der Waals surface area contributed by atoms with Crippen molar-refractivity contribution in [1.29, 1.82) is 0 Å². The van der Waals surface area contributed by atoms with Crippen LogP contribution in [0.15, 0.2) is 64.8 Å². The molecule has 2 aromatic carbocycles. The summed E-state index contributed by atoms with van der Waals surface area (Å²) in [7, 11) is 0. The number of aromatic amines is 1. The Hall–Kier alpha value is -3.50. The minimum absolute atomic E-state index is 0.161. The Bertz CT molecular complexity index is 1370. The van der Waals surface area contributed by atoms with Crippen LogP contribution in [0.3, 0.4) is 0 Å². The van der Waals surface area contributed by atoms with Crippen molar-refractivity contribution in [1.82, 2.24) is 14.9 Å². The number of nitrogens with zero attached hydrogens (tertiary/aromatic N) is 2. The average molecular weight is 487 g/mol. The van der Waals surface area contributed by atoms with Crippen LogP contribution in [0.1, 0.15) is 18.3 Å². The van der Waals surface area contributed by atoms with Crippen LogP contribution in [0.2, 0.25) is 0 Å². The van der Waals surface area contributed by atoms with Crippen molar-refractivity contribution in [2.75, 3.05) is 18.4 Å². The molecule has 0 bridgehead atoms. The van der Waals surface area contributed by atoms with Crippen molar-refractivity contribution in [3.63, 3.8) is 0 Å². The maximum absolute atomic E-state index is 13.2. The molecular formula is C24H21F3N4O2S. The SMILES string of the molecule is CCN(CC(=O)Nc1ccccc1C(F)(F)F)Cc1nc2scc(-c3ccccc3)c2c(=O)[nH]1. The fourth-order valence-electron chi connectivity index (χ4n) is 3.62. The third-order valence-corrected chi connectivity index (χ3v) is 6.14. The molecule has 0 fully saturated rings. The molecule has 0 saturated carbocycles. The third kappa shape index (κ3) is 5.18. The van der Waals surface area contributed by atoms with Gasteiger partial charge in [-0.2, -0.15) is 13.2 Å². The van der Waals surface area contributed by atoms with Crippen LogP contribution in [0.4, 0.5) is 18.9 Å². The minimum atomic E-state index is -4.58. The molecule has 0 saturated heterocycles. The van der Waals surface area contributed by atoms with Gasteiger partial charge in [0.15, 0.2) is 0 Å². The molecule has 0 aliphatic rings. The average Bonchev–Trinajstić information content (AvgIpc) is 3.23. The number of anilines is 1. The number of alkyl halides is 3. The molecule has 34 heavy (non-hydrogen) atoms. The van der Waals surface area contributed by atoms with Gasteiger partial charge in [-0.15, -0.1) is 11.3 Å². The maximum atomic E-state index is 13.2. The molecule has 0 aliphatic carbocycles. The molecule has 0 radical (unpaired) electrons. The third-order valence-electron chi connectivity index (χ3n) is 5.27. The van der Waals surface area contributed by atoms with Crippen LogP contribution in [0.25, 0.3) is 21.3 Å².